The van der Waals surface area contributed by atoms with Gasteiger partial charge in [-0.05, 0) is 25.6 Å². The first kappa shape index (κ1) is 15.4. The molecule has 0 radical (unpaired) electrons. The molecule has 20 heavy (non-hydrogen) atoms. The zero-order valence-corrected chi connectivity index (χ0v) is 12.7. The molecule has 112 valence electrons. The summed E-state index contributed by atoms with van der Waals surface area (Å²) in [6, 6.07) is 5.02. The zero-order chi connectivity index (χ0) is 14.8. The van der Waals surface area contributed by atoms with Gasteiger partial charge in [0.05, 0.1) is 11.5 Å². The van der Waals surface area contributed by atoms with Crippen LogP contribution in [0.1, 0.15) is 18.1 Å². The molecule has 1 aromatic rings. The molecular weight excluding hydrogens is 279 g/mol. The van der Waals surface area contributed by atoms with Crippen molar-refractivity contribution in [2.45, 2.75) is 26.1 Å². The zero-order valence-electron chi connectivity index (χ0n) is 11.9. The molecule has 0 aromatic heterocycles. The van der Waals surface area contributed by atoms with Crippen molar-refractivity contribution < 1.29 is 12.8 Å². The van der Waals surface area contributed by atoms with Crippen molar-refractivity contribution in [1.82, 2.24) is 10.2 Å². The number of hydrogen-bond acceptors (Lipinski definition) is 4. The van der Waals surface area contributed by atoms with E-state index in [0.717, 1.165) is 5.56 Å². The summed E-state index contributed by atoms with van der Waals surface area (Å²) in [5.74, 6) is 0.0884. The monoisotopic (exact) mass is 300 g/mol. The Morgan fingerprint density at radius 3 is 2.85 bits per heavy atom. The number of sulfone groups is 1. The smallest absolute Gasteiger partial charge is 0.153 e. The molecule has 1 aromatic carbocycles. The molecule has 1 saturated heterocycles. The van der Waals surface area contributed by atoms with Crippen molar-refractivity contribution in [2.24, 2.45) is 0 Å². The number of halogens is 1. The van der Waals surface area contributed by atoms with E-state index in [4.69, 9.17) is 0 Å². The molecule has 1 N–H and O–H groups in total. The van der Waals surface area contributed by atoms with Gasteiger partial charge in [-0.25, -0.2) is 12.8 Å². The summed E-state index contributed by atoms with van der Waals surface area (Å²) in [7, 11) is -1.08. The van der Waals surface area contributed by atoms with Crippen LogP contribution in [0.15, 0.2) is 18.2 Å². The van der Waals surface area contributed by atoms with Crippen LogP contribution in [0.25, 0.3) is 0 Å². The molecule has 1 aliphatic heterocycles. The number of benzene rings is 1. The highest BCUT2D eigenvalue weighted by Gasteiger charge is 2.28. The molecular formula is C14H21FN2O2S. The van der Waals surface area contributed by atoms with Crippen molar-refractivity contribution in [3.63, 3.8) is 0 Å². The Kier molecular flexibility index (Phi) is 4.78. The van der Waals surface area contributed by atoms with Gasteiger partial charge in [0.1, 0.15) is 5.82 Å². The maximum absolute atomic E-state index is 13.9. The summed E-state index contributed by atoms with van der Waals surface area (Å²) in [5, 5.41) is 3.04. The van der Waals surface area contributed by atoms with Gasteiger partial charge in [0, 0.05) is 31.2 Å². The molecule has 1 unspecified atom stereocenters. The third kappa shape index (κ3) is 3.77. The van der Waals surface area contributed by atoms with Crippen LogP contribution in [0.2, 0.25) is 0 Å². The molecule has 0 aliphatic carbocycles. The molecule has 1 aliphatic rings. The average Bonchev–Trinajstić information content (AvgIpc) is 2.36. The molecule has 6 heteroatoms. The number of hydrogen-bond donors (Lipinski definition) is 1. The minimum Gasteiger partial charge on any atom is -0.316 e. The molecule has 1 heterocycles. The summed E-state index contributed by atoms with van der Waals surface area (Å²) in [6.45, 7) is 3.50. The van der Waals surface area contributed by atoms with Crippen LogP contribution in [0.3, 0.4) is 0 Å². The minimum absolute atomic E-state index is 0.0684. The van der Waals surface area contributed by atoms with Crippen molar-refractivity contribution in [1.29, 1.82) is 0 Å². The first-order chi connectivity index (χ1) is 9.41. The Hall–Kier alpha value is -0.980. The molecule has 1 fully saturated rings. The van der Waals surface area contributed by atoms with E-state index in [9.17, 15) is 12.8 Å². The fourth-order valence-corrected chi connectivity index (χ4v) is 4.18. The molecule has 0 bridgehead atoms. The first-order valence-corrected chi connectivity index (χ1v) is 8.60. The molecule has 0 spiro atoms. The highest BCUT2D eigenvalue weighted by atomic mass is 32.2. The van der Waals surface area contributed by atoms with Gasteiger partial charge in [-0.15, -0.1) is 0 Å². The lowest BCUT2D eigenvalue weighted by Gasteiger charge is -2.33. The van der Waals surface area contributed by atoms with E-state index in [0.29, 0.717) is 25.2 Å². The van der Waals surface area contributed by atoms with Gasteiger partial charge in [0.15, 0.2) is 9.84 Å². The molecule has 1 atom stereocenters. The normalized spacial score (nSPS) is 22.9. The average molecular weight is 300 g/mol. The van der Waals surface area contributed by atoms with Crippen LogP contribution in [-0.2, 0) is 22.9 Å². The molecule has 2 rings (SSSR count). The lowest BCUT2D eigenvalue weighted by molar-refractivity contribution is 0.215. The summed E-state index contributed by atoms with van der Waals surface area (Å²) < 4.78 is 37.0. The fraction of sp³-hybridized carbons (Fsp3) is 0.571. The van der Waals surface area contributed by atoms with Crippen molar-refractivity contribution in [3.8, 4) is 0 Å². The van der Waals surface area contributed by atoms with E-state index in [1.165, 1.54) is 6.07 Å². The standard InChI is InChI=1S/C14H21FN2O2S/c1-11-10-20(18,19)6-5-17(11)9-13-7-12(8-16-2)3-4-14(13)15/h3-4,7,11,16H,5-6,8-10H2,1-2H3. The first-order valence-electron chi connectivity index (χ1n) is 6.77. The van der Waals surface area contributed by atoms with E-state index >= 15 is 0 Å². The minimum atomic E-state index is -2.93. The van der Waals surface area contributed by atoms with Gasteiger partial charge >= 0.3 is 0 Å². The molecule has 0 saturated carbocycles. The topological polar surface area (TPSA) is 49.4 Å². The maximum atomic E-state index is 13.9. The van der Waals surface area contributed by atoms with Gasteiger partial charge in [0.2, 0.25) is 0 Å². The second kappa shape index (κ2) is 6.20. The van der Waals surface area contributed by atoms with Crippen LogP contribution in [0.4, 0.5) is 4.39 Å². The molecule has 0 amide bonds. The Labute approximate surface area is 119 Å². The van der Waals surface area contributed by atoms with E-state index in [2.05, 4.69) is 5.32 Å². The number of rotatable bonds is 4. The third-order valence-electron chi connectivity index (χ3n) is 3.67. The Balaban J connectivity index is 2.11. The van der Waals surface area contributed by atoms with Gasteiger partial charge in [0.25, 0.3) is 0 Å². The van der Waals surface area contributed by atoms with Gasteiger partial charge < -0.3 is 5.32 Å². The van der Waals surface area contributed by atoms with Crippen molar-refractivity contribution >= 4 is 9.84 Å². The number of nitrogens with zero attached hydrogens (tertiary/aromatic N) is 1. The van der Waals surface area contributed by atoms with E-state index in [1.807, 2.05) is 24.9 Å². The lowest BCUT2D eigenvalue weighted by atomic mass is 10.1. The summed E-state index contributed by atoms with van der Waals surface area (Å²) >= 11 is 0. The van der Waals surface area contributed by atoms with Crippen molar-refractivity contribution in [3.05, 3.63) is 35.1 Å². The largest absolute Gasteiger partial charge is 0.316 e. The molecule has 4 nitrogen and oxygen atoms in total. The van der Waals surface area contributed by atoms with E-state index < -0.39 is 9.84 Å². The summed E-state index contributed by atoms with van der Waals surface area (Å²) in [6.07, 6.45) is 0. The van der Waals surface area contributed by atoms with Crippen LogP contribution in [0.5, 0.6) is 0 Å². The Morgan fingerprint density at radius 1 is 1.45 bits per heavy atom. The fourth-order valence-electron chi connectivity index (χ4n) is 2.55. The SMILES string of the molecule is CNCc1ccc(F)c(CN2CCS(=O)(=O)CC2C)c1. The second-order valence-corrected chi connectivity index (χ2v) is 7.62. The lowest BCUT2D eigenvalue weighted by Crippen LogP contribution is -2.46. The van der Waals surface area contributed by atoms with Crippen LogP contribution in [0, 0.1) is 5.82 Å². The number of nitrogens with one attached hydrogen (secondary N) is 1. The van der Waals surface area contributed by atoms with Gasteiger partial charge in [-0.2, -0.15) is 0 Å². The maximum Gasteiger partial charge on any atom is 0.153 e. The van der Waals surface area contributed by atoms with Crippen LogP contribution < -0.4 is 5.32 Å². The van der Waals surface area contributed by atoms with Gasteiger partial charge in [-0.3, -0.25) is 4.90 Å². The van der Waals surface area contributed by atoms with E-state index in [-0.39, 0.29) is 23.4 Å². The van der Waals surface area contributed by atoms with Crippen molar-refractivity contribution in [2.75, 3.05) is 25.1 Å². The highest BCUT2D eigenvalue weighted by Crippen LogP contribution is 2.18. The summed E-state index contributed by atoms with van der Waals surface area (Å²) in [5.41, 5.74) is 1.66. The quantitative estimate of drug-likeness (QED) is 0.907. The summed E-state index contributed by atoms with van der Waals surface area (Å²) in [4.78, 5) is 2.03. The second-order valence-electron chi connectivity index (χ2n) is 5.39. The predicted octanol–water partition coefficient (Wildman–Crippen LogP) is 1.16. The van der Waals surface area contributed by atoms with Crippen LogP contribution >= 0.6 is 0 Å². The Bertz CT molecular complexity index is 575. The van der Waals surface area contributed by atoms with E-state index in [1.54, 1.807) is 6.07 Å². The van der Waals surface area contributed by atoms with Gasteiger partial charge in [-0.1, -0.05) is 12.1 Å². The van der Waals surface area contributed by atoms with Crippen LogP contribution in [-0.4, -0.2) is 44.5 Å². The third-order valence-corrected chi connectivity index (χ3v) is 5.47. The predicted molar refractivity (Wildman–Crippen MR) is 77.7 cm³/mol. The highest BCUT2D eigenvalue weighted by molar-refractivity contribution is 7.91. The Morgan fingerprint density at radius 2 is 2.20 bits per heavy atom.